The summed E-state index contributed by atoms with van der Waals surface area (Å²) in [6.45, 7) is 0.164. The number of carbonyl (C=O) groups is 2. The third-order valence-electron chi connectivity index (χ3n) is 3.70. The SMILES string of the molecule is O=C1CN(C(=O)c2cscn2)C2CCCCC2N1. The summed E-state index contributed by atoms with van der Waals surface area (Å²) in [6, 6.07) is 0.272. The maximum Gasteiger partial charge on any atom is 0.274 e. The third-order valence-corrected chi connectivity index (χ3v) is 4.29. The number of amides is 2. The lowest BCUT2D eigenvalue weighted by molar-refractivity contribution is -0.127. The van der Waals surface area contributed by atoms with E-state index in [-0.39, 0.29) is 30.4 Å². The summed E-state index contributed by atoms with van der Waals surface area (Å²) in [5.74, 6) is -0.162. The van der Waals surface area contributed by atoms with Crippen molar-refractivity contribution in [2.75, 3.05) is 6.54 Å². The van der Waals surface area contributed by atoms with Crippen LogP contribution >= 0.6 is 11.3 Å². The Labute approximate surface area is 109 Å². The van der Waals surface area contributed by atoms with E-state index >= 15 is 0 Å². The molecule has 3 rings (SSSR count). The van der Waals surface area contributed by atoms with Crippen LogP contribution in [0, 0.1) is 0 Å². The van der Waals surface area contributed by atoms with Crippen molar-refractivity contribution in [3.05, 3.63) is 16.6 Å². The van der Waals surface area contributed by atoms with Crippen LogP contribution in [0.15, 0.2) is 10.9 Å². The van der Waals surface area contributed by atoms with Gasteiger partial charge >= 0.3 is 0 Å². The second-order valence-corrected chi connectivity index (χ2v) is 5.55. The van der Waals surface area contributed by atoms with Crippen molar-refractivity contribution in [1.82, 2.24) is 15.2 Å². The fourth-order valence-electron chi connectivity index (χ4n) is 2.86. The quantitative estimate of drug-likeness (QED) is 0.825. The molecule has 2 atom stereocenters. The summed E-state index contributed by atoms with van der Waals surface area (Å²) in [4.78, 5) is 29.8. The summed E-state index contributed by atoms with van der Waals surface area (Å²) in [6.07, 6.45) is 4.19. The molecule has 2 unspecified atom stereocenters. The Morgan fingerprint density at radius 1 is 1.44 bits per heavy atom. The number of thiazole rings is 1. The minimum Gasteiger partial charge on any atom is -0.350 e. The van der Waals surface area contributed by atoms with Gasteiger partial charge in [0.05, 0.1) is 11.6 Å². The largest absolute Gasteiger partial charge is 0.350 e. The van der Waals surface area contributed by atoms with Gasteiger partial charge in [-0.05, 0) is 12.8 Å². The van der Waals surface area contributed by atoms with E-state index in [1.54, 1.807) is 15.8 Å². The van der Waals surface area contributed by atoms with Crippen LogP contribution in [-0.2, 0) is 4.79 Å². The number of rotatable bonds is 1. The second kappa shape index (κ2) is 4.68. The smallest absolute Gasteiger partial charge is 0.274 e. The van der Waals surface area contributed by atoms with Crippen LogP contribution < -0.4 is 5.32 Å². The van der Waals surface area contributed by atoms with Crippen molar-refractivity contribution >= 4 is 23.2 Å². The molecule has 0 bridgehead atoms. The Morgan fingerprint density at radius 3 is 3.06 bits per heavy atom. The third kappa shape index (κ3) is 2.01. The molecule has 0 radical (unpaired) electrons. The van der Waals surface area contributed by atoms with E-state index in [9.17, 15) is 9.59 Å². The number of carbonyl (C=O) groups excluding carboxylic acids is 2. The molecule has 1 N–H and O–H groups in total. The topological polar surface area (TPSA) is 62.3 Å². The highest BCUT2D eigenvalue weighted by atomic mass is 32.1. The van der Waals surface area contributed by atoms with Crippen LogP contribution in [0.2, 0.25) is 0 Å². The maximum atomic E-state index is 12.4. The van der Waals surface area contributed by atoms with E-state index in [1.807, 2.05) is 0 Å². The molecule has 1 aliphatic heterocycles. The number of hydrogen-bond acceptors (Lipinski definition) is 4. The van der Waals surface area contributed by atoms with Gasteiger partial charge in [0.2, 0.25) is 5.91 Å². The van der Waals surface area contributed by atoms with Gasteiger partial charge in [0.25, 0.3) is 5.91 Å². The molecule has 2 fully saturated rings. The molecule has 6 heteroatoms. The van der Waals surface area contributed by atoms with Crippen molar-refractivity contribution in [3.8, 4) is 0 Å². The fraction of sp³-hybridized carbons (Fsp3) is 0.583. The Bertz CT molecular complexity index is 460. The molecule has 18 heavy (non-hydrogen) atoms. The predicted octanol–water partition coefficient (Wildman–Crippen LogP) is 1.03. The van der Waals surface area contributed by atoms with E-state index in [4.69, 9.17) is 0 Å². The zero-order valence-electron chi connectivity index (χ0n) is 9.96. The molecule has 2 aliphatic rings. The van der Waals surface area contributed by atoms with E-state index in [1.165, 1.54) is 11.3 Å². The van der Waals surface area contributed by atoms with E-state index in [0.717, 1.165) is 25.7 Å². The number of hydrogen-bond donors (Lipinski definition) is 1. The van der Waals surface area contributed by atoms with Crippen LogP contribution in [-0.4, -0.2) is 40.3 Å². The molecule has 96 valence electrons. The summed E-state index contributed by atoms with van der Waals surface area (Å²) in [7, 11) is 0. The molecule has 2 amide bonds. The maximum absolute atomic E-state index is 12.4. The lowest BCUT2D eigenvalue weighted by atomic mass is 9.87. The van der Waals surface area contributed by atoms with Crippen molar-refractivity contribution in [2.24, 2.45) is 0 Å². The number of nitrogens with one attached hydrogen (secondary N) is 1. The monoisotopic (exact) mass is 265 g/mol. The Morgan fingerprint density at radius 2 is 2.28 bits per heavy atom. The van der Waals surface area contributed by atoms with Crippen LogP contribution in [0.3, 0.4) is 0 Å². The molecule has 1 saturated carbocycles. The molecule has 1 aromatic heterocycles. The Balaban J connectivity index is 1.84. The van der Waals surface area contributed by atoms with Crippen molar-refractivity contribution in [2.45, 2.75) is 37.8 Å². The van der Waals surface area contributed by atoms with Gasteiger partial charge in [-0.2, -0.15) is 0 Å². The lowest BCUT2D eigenvalue weighted by Gasteiger charge is -2.43. The fourth-order valence-corrected chi connectivity index (χ4v) is 3.39. The summed E-state index contributed by atoms with van der Waals surface area (Å²) >= 11 is 1.40. The Kier molecular flexibility index (Phi) is 3.03. The molecular weight excluding hydrogens is 250 g/mol. The molecule has 1 aromatic rings. The summed E-state index contributed by atoms with van der Waals surface area (Å²) in [5, 5.41) is 4.74. The Hall–Kier alpha value is -1.43. The summed E-state index contributed by atoms with van der Waals surface area (Å²) in [5.41, 5.74) is 2.11. The minimum absolute atomic E-state index is 0.0540. The zero-order chi connectivity index (χ0) is 12.5. The number of piperazine rings is 1. The van der Waals surface area contributed by atoms with E-state index in [0.29, 0.717) is 5.69 Å². The molecule has 1 aliphatic carbocycles. The molecule has 0 spiro atoms. The van der Waals surface area contributed by atoms with Crippen LogP contribution in [0.4, 0.5) is 0 Å². The van der Waals surface area contributed by atoms with Crippen molar-refractivity contribution in [1.29, 1.82) is 0 Å². The first-order valence-electron chi connectivity index (χ1n) is 6.24. The van der Waals surface area contributed by atoms with Crippen LogP contribution in [0.25, 0.3) is 0 Å². The van der Waals surface area contributed by atoms with E-state index in [2.05, 4.69) is 10.3 Å². The van der Waals surface area contributed by atoms with Crippen molar-refractivity contribution < 1.29 is 9.59 Å². The zero-order valence-corrected chi connectivity index (χ0v) is 10.8. The number of fused-ring (bicyclic) bond motifs is 1. The number of aromatic nitrogens is 1. The highest BCUT2D eigenvalue weighted by Crippen LogP contribution is 2.26. The van der Waals surface area contributed by atoms with Gasteiger partial charge in [-0.3, -0.25) is 9.59 Å². The average molecular weight is 265 g/mol. The highest BCUT2D eigenvalue weighted by Gasteiger charge is 2.39. The molecular formula is C12H15N3O2S. The van der Waals surface area contributed by atoms with Crippen LogP contribution in [0.1, 0.15) is 36.2 Å². The van der Waals surface area contributed by atoms with Crippen LogP contribution in [0.5, 0.6) is 0 Å². The van der Waals surface area contributed by atoms with Gasteiger partial charge < -0.3 is 10.2 Å². The summed E-state index contributed by atoms with van der Waals surface area (Å²) < 4.78 is 0. The molecule has 5 nitrogen and oxygen atoms in total. The molecule has 0 aromatic carbocycles. The first-order chi connectivity index (χ1) is 8.75. The van der Waals surface area contributed by atoms with E-state index < -0.39 is 0 Å². The van der Waals surface area contributed by atoms with Gasteiger partial charge in [-0.25, -0.2) is 4.98 Å². The molecule has 2 heterocycles. The first kappa shape index (κ1) is 11.6. The van der Waals surface area contributed by atoms with Crippen molar-refractivity contribution in [3.63, 3.8) is 0 Å². The standard InChI is InChI=1S/C12H15N3O2S/c16-11-5-15(12(17)9-6-18-7-13-9)10-4-2-1-3-8(10)14-11/h6-8,10H,1-5H2,(H,14,16). The van der Waals surface area contributed by atoms with Gasteiger partial charge in [0.15, 0.2) is 0 Å². The van der Waals surface area contributed by atoms with Gasteiger partial charge in [0.1, 0.15) is 12.2 Å². The predicted molar refractivity (Wildman–Crippen MR) is 67.3 cm³/mol. The average Bonchev–Trinajstić information content (AvgIpc) is 2.90. The minimum atomic E-state index is -0.108. The number of nitrogens with zero attached hydrogens (tertiary/aromatic N) is 2. The normalized spacial score (nSPS) is 27.6. The van der Waals surface area contributed by atoms with Gasteiger partial charge in [0, 0.05) is 11.4 Å². The van der Waals surface area contributed by atoms with Gasteiger partial charge in [-0.1, -0.05) is 12.8 Å². The second-order valence-electron chi connectivity index (χ2n) is 4.83. The first-order valence-corrected chi connectivity index (χ1v) is 7.18. The van der Waals surface area contributed by atoms with Gasteiger partial charge in [-0.15, -0.1) is 11.3 Å². The lowest BCUT2D eigenvalue weighted by Crippen LogP contribution is -2.62. The molecule has 1 saturated heterocycles. The highest BCUT2D eigenvalue weighted by molar-refractivity contribution is 7.07.